The Balaban J connectivity index is 1.80. The summed E-state index contributed by atoms with van der Waals surface area (Å²) < 4.78 is 7.72. The van der Waals surface area contributed by atoms with Gasteiger partial charge in [0.05, 0.1) is 11.7 Å². The number of amides is 1. The Morgan fingerprint density at radius 2 is 2.23 bits per heavy atom. The number of nitrogens with one attached hydrogen (secondary N) is 2. The molecular formula is C15H21N5O2. The van der Waals surface area contributed by atoms with Gasteiger partial charge in [0.2, 0.25) is 0 Å². The second-order valence-electron chi connectivity index (χ2n) is 5.80. The summed E-state index contributed by atoms with van der Waals surface area (Å²) in [7, 11) is 1.92. The van der Waals surface area contributed by atoms with Gasteiger partial charge in [0.15, 0.2) is 0 Å². The molecular weight excluding hydrogens is 282 g/mol. The Morgan fingerprint density at radius 1 is 1.45 bits per heavy atom. The van der Waals surface area contributed by atoms with E-state index < -0.39 is 0 Å². The Morgan fingerprint density at radius 3 is 2.82 bits per heavy atom. The highest BCUT2D eigenvalue weighted by Crippen LogP contribution is 2.33. The largest absolute Gasteiger partial charge is 0.371 e. The Labute approximate surface area is 129 Å². The first-order valence-corrected chi connectivity index (χ1v) is 7.42. The molecule has 0 spiro atoms. The Kier molecular flexibility index (Phi) is 3.74. The third kappa shape index (κ3) is 2.52. The highest BCUT2D eigenvalue weighted by atomic mass is 16.5. The van der Waals surface area contributed by atoms with E-state index in [1.54, 1.807) is 6.07 Å². The molecule has 0 aliphatic carbocycles. The number of hydrogen-bond acceptors (Lipinski definition) is 4. The first kappa shape index (κ1) is 14.8. The zero-order valence-electron chi connectivity index (χ0n) is 13.3. The maximum atomic E-state index is 12.3. The van der Waals surface area contributed by atoms with Crippen LogP contribution in [0.4, 0.5) is 0 Å². The van der Waals surface area contributed by atoms with Crippen molar-refractivity contribution in [2.75, 3.05) is 6.61 Å². The quantitative estimate of drug-likeness (QED) is 0.896. The summed E-state index contributed by atoms with van der Waals surface area (Å²) in [4.78, 5) is 12.3. The minimum absolute atomic E-state index is 0.0638. The molecule has 118 valence electrons. The molecule has 1 aliphatic rings. The van der Waals surface area contributed by atoms with E-state index >= 15 is 0 Å². The van der Waals surface area contributed by atoms with E-state index in [-0.39, 0.29) is 18.1 Å². The number of ether oxygens (including phenoxy) is 1. The number of nitrogens with zero attached hydrogens (tertiary/aromatic N) is 3. The topological polar surface area (TPSA) is 84.8 Å². The smallest absolute Gasteiger partial charge is 0.272 e. The monoisotopic (exact) mass is 303 g/mol. The fourth-order valence-electron chi connectivity index (χ4n) is 3.00. The lowest BCUT2D eigenvalue weighted by Crippen LogP contribution is -2.37. The minimum Gasteiger partial charge on any atom is -0.371 e. The fourth-order valence-corrected chi connectivity index (χ4v) is 3.00. The van der Waals surface area contributed by atoms with E-state index in [1.165, 1.54) is 0 Å². The van der Waals surface area contributed by atoms with Crippen molar-refractivity contribution < 1.29 is 9.53 Å². The average Bonchev–Trinajstić information content (AvgIpc) is 3.13. The van der Waals surface area contributed by atoms with Crippen LogP contribution in [0.5, 0.6) is 0 Å². The molecule has 2 aromatic rings. The zero-order valence-corrected chi connectivity index (χ0v) is 13.3. The molecule has 0 bridgehead atoms. The third-order valence-corrected chi connectivity index (χ3v) is 4.20. The second-order valence-corrected chi connectivity index (χ2v) is 5.80. The van der Waals surface area contributed by atoms with Crippen molar-refractivity contribution in [1.82, 2.24) is 25.3 Å². The molecule has 1 amide bonds. The molecule has 1 saturated heterocycles. The van der Waals surface area contributed by atoms with Crippen molar-refractivity contribution in [1.29, 1.82) is 0 Å². The standard InChI is InChI=1S/C15H21N5O2/c1-8-7-12(18-17-8)15(21)16-11-5-6-22-14(11)13-9(2)19-20(4)10(13)3/h7,11,14H,5-6H2,1-4H3,(H,16,21)(H,17,18)/t11-,14-/m0/s1. The molecule has 2 aromatic heterocycles. The average molecular weight is 303 g/mol. The summed E-state index contributed by atoms with van der Waals surface area (Å²) in [6.45, 7) is 6.49. The number of H-pyrrole nitrogens is 1. The van der Waals surface area contributed by atoms with Crippen LogP contribution in [0.2, 0.25) is 0 Å². The van der Waals surface area contributed by atoms with Gasteiger partial charge in [-0.15, -0.1) is 0 Å². The zero-order chi connectivity index (χ0) is 15.9. The molecule has 2 atom stereocenters. The molecule has 0 saturated carbocycles. The van der Waals surface area contributed by atoms with E-state index in [1.807, 2.05) is 32.5 Å². The van der Waals surface area contributed by atoms with Crippen molar-refractivity contribution in [3.8, 4) is 0 Å². The van der Waals surface area contributed by atoms with Crippen LogP contribution in [0.3, 0.4) is 0 Å². The predicted octanol–water partition coefficient (Wildman–Crippen LogP) is 1.33. The lowest BCUT2D eigenvalue weighted by atomic mass is 10.00. The second kappa shape index (κ2) is 5.57. The van der Waals surface area contributed by atoms with Crippen LogP contribution in [0, 0.1) is 20.8 Å². The predicted molar refractivity (Wildman–Crippen MR) is 80.6 cm³/mol. The normalized spacial score (nSPS) is 21.3. The number of rotatable bonds is 3. The van der Waals surface area contributed by atoms with Gasteiger partial charge in [0, 0.05) is 30.6 Å². The minimum atomic E-state index is -0.177. The van der Waals surface area contributed by atoms with Crippen LogP contribution in [-0.2, 0) is 11.8 Å². The highest BCUT2D eigenvalue weighted by molar-refractivity contribution is 5.92. The van der Waals surface area contributed by atoms with Gasteiger partial charge in [-0.05, 0) is 33.3 Å². The van der Waals surface area contributed by atoms with Gasteiger partial charge in [-0.25, -0.2) is 0 Å². The third-order valence-electron chi connectivity index (χ3n) is 4.20. The lowest BCUT2D eigenvalue weighted by molar-refractivity contribution is 0.0813. The molecule has 0 radical (unpaired) electrons. The molecule has 1 aliphatic heterocycles. The number of aryl methyl sites for hydroxylation is 3. The number of carbonyl (C=O) groups is 1. The molecule has 22 heavy (non-hydrogen) atoms. The van der Waals surface area contributed by atoms with Gasteiger partial charge in [0.25, 0.3) is 5.91 Å². The summed E-state index contributed by atoms with van der Waals surface area (Å²) in [6, 6.07) is 1.67. The van der Waals surface area contributed by atoms with Gasteiger partial charge in [-0.1, -0.05) is 0 Å². The maximum Gasteiger partial charge on any atom is 0.272 e. The summed E-state index contributed by atoms with van der Waals surface area (Å²) in [5.41, 5.74) is 4.36. The van der Waals surface area contributed by atoms with Crippen molar-refractivity contribution in [3.63, 3.8) is 0 Å². The maximum absolute atomic E-state index is 12.3. The van der Waals surface area contributed by atoms with E-state index in [2.05, 4.69) is 20.6 Å². The van der Waals surface area contributed by atoms with E-state index in [0.717, 1.165) is 29.1 Å². The molecule has 1 fully saturated rings. The van der Waals surface area contributed by atoms with E-state index in [9.17, 15) is 4.79 Å². The number of aromatic nitrogens is 4. The van der Waals surface area contributed by atoms with Crippen molar-refractivity contribution >= 4 is 5.91 Å². The van der Waals surface area contributed by atoms with Crippen LogP contribution in [0.1, 0.15) is 45.7 Å². The molecule has 0 aromatic carbocycles. The molecule has 3 heterocycles. The van der Waals surface area contributed by atoms with E-state index in [4.69, 9.17) is 4.74 Å². The van der Waals surface area contributed by atoms with Gasteiger partial charge in [-0.3, -0.25) is 14.6 Å². The number of aromatic amines is 1. The van der Waals surface area contributed by atoms with Crippen molar-refractivity contribution in [3.05, 3.63) is 34.4 Å². The summed E-state index contributed by atoms with van der Waals surface area (Å²) in [5, 5.41) is 14.3. The van der Waals surface area contributed by atoms with Crippen LogP contribution in [-0.4, -0.2) is 38.5 Å². The Hall–Kier alpha value is -2.15. The first-order valence-electron chi connectivity index (χ1n) is 7.42. The van der Waals surface area contributed by atoms with Crippen LogP contribution >= 0.6 is 0 Å². The van der Waals surface area contributed by atoms with Gasteiger partial charge in [-0.2, -0.15) is 10.2 Å². The fraction of sp³-hybridized carbons (Fsp3) is 0.533. The summed E-state index contributed by atoms with van der Waals surface area (Å²) in [6.07, 6.45) is 0.630. The summed E-state index contributed by atoms with van der Waals surface area (Å²) in [5.74, 6) is -0.177. The molecule has 3 rings (SSSR count). The SMILES string of the molecule is Cc1cc(C(=O)N[C@H]2CCO[C@@H]2c2c(C)nn(C)c2C)n[nH]1. The lowest BCUT2D eigenvalue weighted by Gasteiger charge is -2.20. The Bertz CT molecular complexity index is 703. The number of hydrogen-bond donors (Lipinski definition) is 2. The summed E-state index contributed by atoms with van der Waals surface area (Å²) >= 11 is 0. The number of carbonyl (C=O) groups excluding carboxylic acids is 1. The van der Waals surface area contributed by atoms with Gasteiger partial charge in [0.1, 0.15) is 11.8 Å². The molecule has 7 heteroatoms. The van der Waals surface area contributed by atoms with Gasteiger partial charge < -0.3 is 10.1 Å². The highest BCUT2D eigenvalue weighted by Gasteiger charge is 2.35. The molecule has 0 unspecified atom stereocenters. The first-order chi connectivity index (χ1) is 10.5. The van der Waals surface area contributed by atoms with E-state index in [0.29, 0.717) is 12.3 Å². The van der Waals surface area contributed by atoms with Crippen molar-refractivity contribution in [2.24, 2.45) is 7.05 Å². The van der Waals surface area contributed by atoms with Crippen LogP contribution in [0.15, 0.2) is 6.07 Å². The molecule has 7 nitrogen and oxygen atoms in total. The molecule has 2 N–H and O–H groups in total. The van der Waals surface area contributed by atoms with Crippen LogP contribution < -0.4 is 5.32 Å². The van der Waals surface area contributed by atoms with Crippen molar-refractivity contribution in [2.45, 2.75) is 39.3 Å². The van der Waals surface area contributed by atoms with Crippen LogP contribution in [0.25, 0.3) is 0 Å². The van der Waals surface area contributed by atoms with Gasteiger partial charge >= 0.3 is 0 Å².